The Morgan fingerprint density at radius 3 is 2.29 bits per heavy atom. The molecule has 1 fully saturated rings. The third-order valence-corrected chi connectivity index (χ3v) is 3.94. The summed E-state index contributed by atoms with van der Waals surface area (Å²) in [6.07, 6.45) is 0.368. The van der Waals surface area contributed by atoms with Gasteiger partial charge in [-0.1, -0.05) is 24.3 Å². The van der Waals surface area contributed by atoms with E-state index in [1.165, 1.54) is 0 Å². The van der Waals surface area contributed by atoms with E-state index in [2.05, 4.69) is 10.6 Å². The molecule has 0 bridgehead atoms. The summed E-state index contributed by atoms with van der Waals surface area (Å²) in [5, 5.41) is 6.28. The van der Waals surface area contributed by atoms with Crippen LogP contribution in [0, 0.1) is 0 Å². The minimum atomic E-state index is -0.817. The summed E-state index contributed by atoms with van der Waals surface area (Å²) in [5.74, 6) is -2.23. The second kappa shape index (κ2) is 6.11. The predicted octanol–water partition coefficient (Wildman–Crippen LogP) is 0.474. The molecule has 24 heavy (non-hydrogen) atoms. The molecule has 1 unspecified atom stereocenters. The number of carbonyl (C=O) groups excluding carboxylic acids is 4. The van der Waals surface area contributed by atoms with Gasteiger partial charge in [0.05, 0.1) is 11.1 Å². The van der Waals surface area contributed by atoms with Crippen molar-refractivity contribution in [1.82, 2.24) is 10.6 Å². The first-order chi connectivity index (χ1) is 11.5. The van der Waals surface area contributed by atoms with Crippen LogP contribution in [-0.4, -0.2) is 29.7 Å². The van der Waals surface area contributed by atoms with E-state index in [1.54, 1.807) is 12.1 Å². The highest BCUT2D eigenvalue weighted by Crippen LogP contribution is 2.20. The summed E-state index contributed by atoms with van der Waals surface area (Å²) in [7, 11) is 0. The molecule has 2 aromatic rings. The van der Waals surface area contributed by atoms with Gasteiger partial charge >= 0.3 is 0 Å². The largest absolute Gasteiger partial charge is 0.366 e. The van der Waals surface area contributed by atoms with E-state index < -0.39 is 23.8 Å². The molecule has 0 radical (unpaired) electrons. The first kappa shape index (κ1) is 15.7. The molecule has 0 saturated carbocycles. The number of piperidine rings is 1. The molecule has 3 rings (SSSR count). The van der Waals surface area contributed by atoms with Gasteiger partial charge in [-0.15, -0.1) is 0 Å². The third-order valence-electron chi connectivity index (χ3n) is 3.94. The van der Waals surface area contributed by atoms with Crippen LogP contribution in [0.2, 0.25) is 0 Å². The molecule has 0 aliphatic carbocycles. The third kappa shape index (κ3) is 2.96. The van der Waals surface area contributed by atoms with Gasteiger partial charge in [0.2, 0.25) is 17.7 Å². The van der Waals surface area contributed by atoms with Crippen molar-refractivity contribution in [2.24, 2.45) is 5.73 Å². The standard InChI is InChI=1S/C17H15N3O4/c18-15(22)11-7-9-3-1-2-4-10(9)8-12(11)16(23)19-13-5-6-14(21)20-17(13)24/h1-4,7-8,13H,5-6H2,(H2,18,22)(H,19,23)(H,20,21,24). The van der Waals surface area contributed by atoms with Crippen LogP contribution in [0.1, 0.15) is 33.6 Å². The van der Waals surface area contributed by atoms with Gasteiger partial charge in [0, 0.05) is 6.42 Å². The highest BCUT2D eigenvalue weighted by atomic mass is 16.2. The molecule has 4 N–H and O–H groups in total. The topological polar surface area (TPSA) is 118 Å². The van der Waals surface area contributed by atoms with Crippen molar-refractivity contribution < 1.29 is 19.2 Å². The van der Waals surface area contributed by atoms with Crippen molar-refractivity contribution in [2.75, 3.05) is 0 Å². The van der Waals surface area contributed by atoms with Crippen molar-refractivity contribution in [3.05, 3.63) is 47.5 Å². The Bertz CT molecular complexity index is 875. The number of fused-ring (bicyclic) bond motifs is 1. The molecular formula is C17H15N3O4. The maximum atomic E-state index is 12.5. The van der Waals surface area contributed by atoms with Crippen molar-refractivity contribution in [2.45, 2.75) is 18.9 Å². The maximum absolute atomic E-state index is 12.5. The van der Waals surface area contributed by atoms with Crippen LogP contribution in [0.25, 0.3) is 10.8 Å². The number of imide groups is 1. The first-order valence-corrected chi connectivity index (χ1v) is 7.43. The van der Waals surface area contributed by atoms with Crippen LogP contribution < -0.4 is 16.4 Å². The zero-order valence-electron chi connectivity index (χ0n) is 12.7. The normalized spacial score (nSPS) is 17.4. The van der Waals surface area contributed by atoms with Gasteiger partial charge in [-0.05, 0) is 29.3 Å². The Kier molecular flexibility index (Phi) is 3.99. The monoisotopic (exact) mass is 325 g/mol. The number of amides is 4. The van der Waals surface area contributed by atoms with Crippen molar-refractivity contribution in [1.29, 1.82) is 0 Å². The van der Waals surface area contributed by atoms with Gasteiger partial charge in [-0.25, -0.2) is 0 Å². The summed E-state index contributed by atoms with van der Waals surface area (Å²) in [5.41, 5.74) is 5.56. The van der Waals surface area contributed by atoms with Crippen LogP contribution in [0.5, 0.6) is 0 Å². The van der Waals surface area contributed by atoms with Gasteiger partial charge in [-0.3, -0.25) is 24.5 Å². The van der Waals surface area contributed by atoms with E-state index >= 15 is 0 Å². The van der Waals surface area contributed by atoms with Crippen molar-refractivity contribution in [3.8, 4) is 0 Å². The van der Waals surface area contributed by atoms with Gasteiger partial charge in [-0.2, -0.15) is 0 Å². The molecule has 7 nitrogen and oxygen atoms in total. The Balaban J connectivity index is 1.94. The summed E-state index contributed by atoms with van der Waals surface area (Å²) >= 11 is 0. The summed E-state index contributed by atoms with van der Waals surface area (Å²) in [4.78, 5) is 47.1. The number of hydrogen-bond acceptors (Lipinski definition) is 4. The Labute approximate surface area is 137 Å². The van der Waals surface area contributed by atoms with E-state index in [9.17, 15) is 19.2 Å². The summed E-state index contributed by atoms with van der Waals surface area (Å²) in [6.45, 7) is 0. The quantitative estimate of drug-likeness (QED) is 0.711. The Hall–Kier alpha value is -3.22. The lowest BCUT2D eigenvalue weighted by atomic mass is 9.99. The zero-order valence-corrected chi connectivity index (χ0v) is 12.7. The highest BCUT2D eigenvalue weighted by Gasteiger charge is 2.29. The lowest BCUT2D eigenvalue weighted by Crippen LogP contribution is -2.52. The Morgan fingerprint density at radius 1 is 1.08 bits per heavy atom. The number of primary amides is 1. The number of hydrogen-bond donors (Lipinski definition) is 3. The van der Waals surface area contributed by atoms with Crippen LogP contribution in [0.3, 0.4) is 0 Å². The molecule has 0 spiro atoms. The van der Waals surface area contributed by atoms with Gasteiger partial charge < -0.3 is 11.1 Å². The second-order valence-electron chi connectivity index (χ2n) is 5.59. The number of rotatable bonds is 3. The van der Waals surface area contributed by atoms with Crippen LogP contribution in [0.4, 0.5) is 0 Å². The number of benzene rings is 2. The lowest BCUT2D eigenvalue weighted by molar-refractivity contribution is -0.134. The number of nitrogens with two attached hydrogens (primary N) is 1. The molecule has 1 atom stereocenters. The number of carbonyl (C=O) groups is 4. The molecule has 1 aliphatic heterocycles. The predicted molar refractivity (Wildman–Crippen MR) is 86.1 cm³/mol. The first-order valence-electron chi connectivity index (χ1n) is 7.43. The SMILES string of the molecule is NC(=O)c1cc2ccccc2cc1C(=O)NC1CCC(=O)NC1=O. The Morgan fingerprint density at radius 2 is 1.71 bits per heavy atom. The maximum Gasteiger partial charge on any atom is 0.252 e. The van der Waals surface area contributed by atoms with Gasteiger partial charge in [0.25, 0.3) is 5.91 Å². The molecule has 7 heteroatoms. The average molecular weight is 325 g/mol. The van der Waals surface area contributed by atoms with Crippen molar-refractivity contribution in [3.63, 3.8) is 0 Å². The number of nitrogens with one attached hydrogen (secondary N) is 2. The summed E-state index contributed by atoms with van der Waals surface area (Å²) in [6, 6.07) is 9.55. The molecular weight excluding hydrogens is 310 g/mol. The molecule has 1 saturated heterocycles. The fourth-order valence-electron chi connectivity index (χ4n) is 2.70. The second-order valence-corrected chi connectivity index (χ2v) is 5.59. The molecule has 0 aromatic heterocycles. The smallest absolute Gasteiger partial charge is 0.252 e. The highest BCUT2D eigenvalue weighted by molar-refractivity contribution is 6.11. The molecule has 1 aliphatic rings. The van der Waals surface area contributed by atoms with E-state index in [1.807, 2.05) is 24.3 Å². The minimum absolute atomic E-state index is 0.0819. The van der Waals surface area contributed by atoms with Crippen LogP contribution >= 0.6 is 0 Å². The van der Waals surface area contributed by atoms with E-state index in [4.69, 9.17) is 5.73 Å². The van der Waals surface area contributed by atoms with Crippen molar-refractivity contribution >= 4 is 34.4 Å². The molecule has 4 amide bonds. The molecule has 1 heterocycles. The van der Waals surface area contributed by atoms with Crippen LogP contribution in [-0.2, 0) is 9.59 Å². The van der Waals surface area contributed by atoms with Gasteiger partial charge in [0.1, 0.15) is 6.04 Å². The fraction of sp³-hybridized carbons (Fsp3) is 0.176. The summed E-state index contributed by atoms with van der Waals surface area (Å²) < 4.78 is 0. The average Bonchev–Trinajstić information content (AvgIpc) is 2.56. The van der Waals surface area contributed by atoms with Gasteiger partial charge in [0.15, 0.2) is 0 Å². The van der Waals surface area contributed by atoms with E-state index in [0.29, 0.717) is 0 Å². The van der Waals surface area contributed by atoms with E-state index in [0.717, 1.165) is 10.8 Å². The van der Waals surface area contributed by atoms with E-state index in [-0.39, 0.29) is 29.9 Å². The molecule has 122 valence electrons. The fourth-order valence-corrected chi connectivity index (χ4v) is 2.70. The minimum Gasteiger partial charge on any atom is -0.366 e. The van der Waals surface area contributed by atoms with Crippen LogP contribution in [0.15, 0.2) is 36.4 Å². The molecule has 2 aromatic carbocycles. The zero-order chi connectivity index (χ0) is 17.3. The lowest BCUT2D eigenvalue weighted by Gasteiger charge is -2.22.